The summed E-state index contributed by atoms with van der Waals surface area (Å²) < 4.78 is 0. The first-order valence-corrected chi connectivity index (χ1v) is 6.82. The molecule has 0 saturated heterocycles. The first-order valence-electron chi connectivity index (χ1n) is 6.82. The molecule has 0 N–H and O–H groups in total. The van der Waals surface area contributed by atoms with E-state index in [0.29, 0.717) is 18.5 Å². The molecule has 1 aromatic rings. The Labute approximate surface area is 118 Å². The molecule has 102 valence electrons. The van der Waals surface area contributed by atoms with Crippen molar-refractivity contribution in [3.05, 3.63) is 28.8 Å². The van der Waals surface area contributed by atoms with E-state index in [4.69, 9.17) is 5.26 Å². The summed E-state index contributed by atoms with van der Waals surface area (Å²) in [5.74, 6) is -0.858. The predicted molar refractivity (Wildman–Crippen MR) is 74.5 cm³/mol. The molecule has 1 fully saturated rings. The highest BCUT2D eigenvalue weighted by molar-refractivity contribution is 6.52. The summed E-state index contributed by atoms with van der Waals surface area (Å²) in [6.07, 6.45) is 2.36. The summed E-state index contributed by atoms with van der Waals surface area (Å²) in [5, 5.41) is 8.90. The fourth-order valence-electron chi connectivity index (χ4n) is 3.02. The minimum absolute atomic E-state index is 0.0933. The molecule has 1 aromatic carbocycles. The number of carbonyl (C=O) groups excluding carboxylic acids is 2. The highest BCUT2D eigenvalue weighted by Gasteiger charge is 2.48. The molecule has 2 aliphatic rings. The molecule has 0 aromatic heterocycles. The van der Waals surface area contributed by atoms with Gasteiger partial charge < -0.3 is 4.90 Å². The number of hydrogen-bond acceptors (Lipinski definition) is 3. The Bertz CT molecular complexity index is 666. The summed E-state index contributed by atoms with van der Waals surface area (Å²) in [5.41, 5.74) is 3.06. The zero-order valence-corrected chi connectivity index (χ0v) is 11.7. The highest BCUT2D eigenvalue weighted by atomic mass is 16.2. The van der Waals surface area contributed by atoms with Crippen molar-refractivity contribution in [1.82, 2.24) is 0 Å². The molecule has 1 amide bonds. The van der Waals surface area contributed by atoms with Crippen LogP contribution in [0.2, 0.25) is 0 Å². The van der Waals surface area contributed by atoms with Gasteiger partial charge in [-0.15, -0.1) is 0 Å². The van der Waals surface area contributed by atoms with Crippen molar-refractivity contribution >= 4 is 17.4 Å². The van der Waals surface area contributed by atoms with Gasteiger partial charge in [-0.1, -0.05) is 6.07 Å². The predicted octanol–water partition coefficient (Wildman–Crippen LogP) is 2.53. The van der Waals surface area contributed by atoms with Crippen LogP contribution in [0, 0.1) is 30.6 Å². The number of rotatable bonds is 3. The Balaban J connectivity index is 2.01. The lowest BCUT2D eigenvalue weighted by Crippen LogP contribution is -2.35. The summed E-state index contributed by atoms with van der Waals surface area (Å²) in [6, 6.07) is 6.02. The third-order valence-corrected chi connectivity index (χ3v) is 4.32. The molecule has 0 unspecified atom stereocenters. The van der Waals surface area contributed by atoms with Crippen LogP contribution in [0.15, 0.2) is 12.1 Å². The SMILES string of the molecule is Cc1cc(C)c2c(c1)N(CC1(CC#N)CC1)C(=O)C2=O. The molecule has 1 aliphatic carbocycles. The van der Waals surface area contributed by atoms with E-state index >= 15 is 0 Å². The smallest absolute Gasteiger partial charge is 0.299 e. The molecule has 0 radical (unpaired) electrons. The number of Topliss-reactive ketones (excluding diaryl/α,β-unsaturated/α-hetero) is 1. The fraction of sp³-hybridized carbons (Fsp3) is 0.438. The van der Waals surface area contributed by atoms with E-state index in [-0.39, 0.29) is 5.41 Å². The number of hydrogen-bond donors (Lipinski definition) is 0. The lowest BCUT2D eigenvalue weighted by Gasteiger charge is -2.22. The number of nitriles is 1. The van der Waals surface area contributed by atoms with E-state index in [9.17, 15) is 9.59 Å². The van der Waals surface area contributed by atoms with Gasteiger partial charge in [0.2, 0.25) is 0 Å². The van der Waals surface area contributed by atoms with E-state index in [1.165, 1.54) is 0 Å². The first-order chi connectivity index (χ1) is 9.47. The molecule has 4 heteroatoms. The van der Waals surface area contributed by atoms with E-state index < -0.39 is 11.7 Å². The molecular formula is C16H16N2O2. The fourth-order valence-corrected chi connectivity index (χ4v) is 3.02. The lowest BCUT2D eigenvalue weighted by atomic mass is 10.0. The lowest BCUT2D eigenvalue weighted by molar-refractivity contribution is -0.114. The average molecular weight is 268 g/mol. The van der Waals surface area contributed by atoms with Crippen LogP contribution in [0.25, 0.3) is 0 Å². The summed E-state index contributed by atoms with van der Waals surface area (Å²) in [4.78, 5) is 26.0. The van der Waals surface area contributed by atoms with Crippen LogP contribution < -0.4 is 4.90 Å². The van der Waals surface area contributed by atoms with Gasteiger partial charge in [0.05, 0.1) is 17.3 Å². The standard InChI is InChI=1S/C16H16N2O2/c1-10-7-11(2)13-12(8-10)18(15(20)14(13)19)9-16(3-4-16)5-6-17/h7-8H,3-5,9H2,1-2H3. The van der Waals surface area contributed by atoms with Crippen molar-refractivity contribution in [2.75, 3.05) is 11.4 Å². The zero-order chi connectivity index (χ0) is 14.5. The first kappa shape index (κ1) is 12.9. The van der Waals surface area contributed by atoms with Gasteiger partial charge in [0.1, 0.15) is 0 Å². The van der Waals surface area contributed by atoms with Gasteiger partial charge in [-0.3, -0.25) is 9.59 Å². The second-order valence-corrected chi connectivity index (χ2v) is 6.03. The molecule has 0 spiro atoms. The maximum absolute atomic E-state index is 12.2. The van der Waals surface area contributed by atoms with Crippen molar-refractivity contribution in [2.45, 2.75) is 33.1 Å². The molecule has 1 heterocycles. The molecule has 1 saturated carbocycles. The molecule has 4 nitrogen and oxygen atoms in total. The number of carbonyl (C=O) groups is 2. The third kappa shape index (κ3) is 1.82. The average Bonchev–Trinajstić information content (AvgIpc) is 3.09. The Morgan fingerprint density at radius 3 is 2.60 bits per heavy atom. The molecule has 0 bridgehead atoms. The van der Waals surface area contributed by atoms with Crippen LogP contribution >= 0.6 is 0 Å². The Morgan fingerprint density at radius 1 is 1.30 bits per heavy atom. The number of anilines is 1. The van der Waals surface area contributed by atoms with E-state index in [1.807, 2.05) is 26.0 Å². The van der Waals surface area contributed by atoms with Gasteiger partial charge in [-0.25, -0.2) is 0 Å². The molecule has 0 atom stereocenters. The summed E-state index contributed by atoms with van der Waals surface area (Å²) in [6.45, 7) is 4.31. The Kier molecular flexibility index (Phi) is 2.68. The quantitative estimate of drug-likeness (QED) is 0.791. The van der Waals surface area contributed by atoms with Crippen molar-refractivity contribution in [1.29, 1.82) is 5.26 Å². The number of nitrogens with zero attached hydrogens (tertiary/aromatic N) is 2. The van der Waals surface area contributed by atoms with Crippen LogP contribution in [-0.4, -0.2) is 18.2 Å². The molecule has 20 heavy (non-hydrogen) atoms. The molecule has 1 aliphatic heterocycles. The number of amides is 1. The molecule has 3 rings (SSSR count). The van der Waals surface area contributed by atoms with Gasteiger partial charge in [0, 0.05) is 18.4 Å². The van der Waals surface area contributed by atoms with Gasteiger partial charge in [0.15, 0.2) is 0 Å². The van der Waals surface area contributed by atoms with E-state index in [0.717, 1.165) is 29.7 Å². The minimum atomic E-state index is -0.446. The summed E-state index contributed by atoms with van der Waals surface area (Å²) in [7, 11) is 0. The number of aryl methyl sites for hydroxylation is 2. The molecular weight excluding hydrogens is 252 g/mol. The van der Waals surface area contributed by atoms with Gasteiger partial charge >= 0.3 is 0 Å². The van der Waals surface area contributed by atoms with Gasteiger partial charge in [0.25, 0.3) is 11.7 Å². The van der Waals surface area contributed by atoms with Crippen LogP contribution in [0.3, 0.4) is 0 Å². The van der Waals surface area contributed by atoms with Crippen molar-refractivity contribution < 1.29 is 9.59 Å². The highest BCUT2D eigenvalue weighted by Crippen LogP contribution is 2.50. The van der Waals surface area contributed by atoms with Crippen LogP contribution in [0.4, 0.5) is 5.69 Å². The maximum atomic E-state index is 12.2. The number of benzene rings is 1. The van der Waals surface area contributed by atoms with Crippen molar-refractivity contribution in [2.24, 2.45) is 5.41 Å². The van der Waals surface area contributed by atoms with Gasteiger partial charge in [-0.2, -0.15) is 5.26 Å². The van der Waals surface area contributed by atoms with Crippen LogP contribution in [-0.2, 0) is 4.79 Å². The van der Waals surface area contributed by atoms with Crippen molar-refractivity contribution in [3.63, 3.8) is 0 Å². The van der Waals surface area contributed by atoms with Crippen LogP contribution in [0.1, 0.15) is 40.7 Å². The normalized spacial score (nSPS) is 18.9. The Morgan fingerprint density at radius 2 is 2.00 bits per heavy atom. The minimum Gasteiger partial charge on any atom is -0.304 e. The van der Waals surface area contributed by atoms with E-state index in [2.05, 4.69) is 6.07 Å². The Hall–Kier alpha value is -2.15. The number of ketones is 1. The maximum Gasteiger partial charge on any atom is 0.299 e. The second-order valence-electron chi connectivity index (χ2n) is 6.03. The topological polar surface area (TPSA) is 61.2 Å². The zero-order valence-electron chi connectivity index (χ0n) is 11.7. The third-order valence-electron chi connectivity index (χ3n) is 4.32. The summed E-state index contributed by atoms with van der Waals surface area (Å²) >= 11 is 0. The van der Waals surface area contributed by atoms with Gasteiger partial charge in [-0.05, 0) is 43.9 Å². The van der Waals surface area contributed by atoms with Crippen molar-refractivity contribution in [3.8, 4) is 6.07 Å². The second kappa shape index (κ2) is 4.17. The monoisotopic (exact) mass is 268 g/mol. The van der Waals surface area contributed by atoms with Crippen LogP contribution in [0.5, 0.6) is 0 Å². The largest absolute Gasteiger partial charge is 0.304 e. The van der Waals surface area contributed by atoms with E-state index in [1.54, 1.807) is 4.90 Å². The number of fused-ring (bicyclic) bond motifs is 1.